The maximum Gasteiger partial charge on any atom is 0.170 e. The highest BCUT2D eigenvalue weighted by Crippen LogP contribution is 2.14. The Morgan fingerprint density at radius 2 is 2.10 bits per heavy atom. The van der Waals surface area contributed by atoms with Crippen LogP contribution in [0.25, 0.3) is 0 Å². The fraction of sp³-hybridized carbons (Fsp3) is 0.500. The van der Waals surface area contributed by atoms with Crippen LogP contribution < -0.4 is 5.73 Å². The normalized spacial score (nSPS) is 12.1. The Hall–Kier alpha value is -1.66. The quantitative estimate of drug-likeness (QED) is 0.222. The summed E-state index contributed by atoms with van der Waals surface area (Å²) in [6, 6.07) is 4.28. The van der Waals surface area contributed by atoms with E-state index in [0.717, 1.165) is 31.4 Å². The van der Waals surface area contributed by atoms with Crippen LogP contribution in [0.1, 0.15) is 30.4 Å². The van der Waals surface area contributed by atoms with Gasteiger partial charge in [-0.3, -0.25) is 0 Å². The van der Waals surface area contributed by atoms with Crippen LogP contribution in [-0.2, 0) is 6.54 Å². The van der Waals surface area contributed by atoms with E-state index in [0.29, 0.717) is 12.1 Å². The number of oxime groups is 1. The highest BCUT2D eigenvalue weighted by atomic mass is 19.1. The molecule has 1 rings (SSSR count). The molecular formula is C14H22FN3O2. The van der Waals surface area contributed by atoms with Crippen LogP contribution in [0.3, 0.4) is 0 Å². The Labute approximate surface area is 118 Å². The summed E-state index contributed by atoms with van der Waals surface area (Å²) in [7, 11) is 1.96. The molecule has 20 heavy (non-hydrogen) atoms. The molecule has 1 aromatic carbocycles. The number of hydrogen-bond donors (Lipinski definition) is 3. The minimum Gasteiger partial charge on any atom is -0.409 e. The SMILES string of the molecule is CN(CCCCCO)Cc1ccc(F)cc1/C(N)=N/O. The van der Waals surface area contributed by atoms with Gasteiger partial charge < -0.3 is 20.9 Å². The Balaban J connectivity index is 2.67. The lowest BCUT2D eigenvalue weighted by Crippen LogP contribution is -2.23. The van der Waals surface area contributed by atoms with Crippen molar-refractivity contribution in [2.24, 2.45) is 10.9 Å². The molecule has 6 heteroatoms. The third-order valence-corrected chi connectivity index (χ3v) is 3.09. The molecule has 4 N–H and O–H groups in total. The summed E-state index contributed by atoms with van der Waals surface area (Å²) in [5.74, 6) is -0.505. The van der Waals surface area contributed by atoms with Crippen LogP contribution in [0.2, 0.25) is 0 Å². The summed E-state index contributed by atoms with van der Waals surface area (Å²) in [6.45, 7) is 1.67. The van der Waals surface area contributed by atoms with Crippen molar-refractivity contribution in [3.8, 4) is 0 Å². The summed E-state index contributed by atoms with van der Waals surface area (Å²) < 4.78 is 13.2. The topological polar surface area (TPSA) is 82.1 Å². The number of unbranched alkanes of at least 4 members (excludes halogenated alkanes) is 2. The molecule has 0 amide bonds. The van der Waals surface area contributed by atoms with Gasteiger partial charge in [-0.2, -0.15) is 0 Å². The summed E-state index contributed by atoms with van der Waals surface area (Å²) in [6.07, 6.45) is 2.76. The molecule has 0 aliphatic carbocycles. The number of hydrogen-bond acceptors (Lipinski definition) is 4. The molecule has 1 aromatic rings. The summed E-state index contributed by atoms with van der Waals surface area (Å²) >= 11 is 0. The summed E-state index contributed by atoms with van der Waals surface area (Å²) in [4.78, 5) is 2.08. The van der Waals surface area contributed by atoms with E-state index < -0.39 is 5.82 Å². The first-order chi connectivity index (χ1) is 9.58. The van der Waals surface area contributed by atoms with Crippen molar-refractivity contribution in [3.05, 3.63) is 35.1 Å². The first-order valence-electron chi connectivity index (χ1n) is 6.64. The molecule has 0 saturated carbocycles. The lowest BCUT2D eigenvalue weighted by atomic mass is 10.1. The minimum atomic E-state index is -0.416. The Morgan fingerprint density at radius 1 is 1.35 bits per heavy atom. The largest absolute Gasteiger partial charge is 0.409 e. The number of benzene rings is 1. The van der Waals surface area contributed by atoms with Gasteiger partial charge in [0.05, 0.1) is 0 Å². The smallest absolute Gasteiger partial charge is 0.170 e. The number of rotatable bonds is 8. The molecule has 0 radical (unpaired) electrons. The fourth-order valence-electron chi connectivity index (χ4n) is 2.02. The van der Waals surface area contributed by atoms with Gasteiger partial charge in [-0.15, -0.1) is 0 Å². The second-order valence-electron chi connectivity index (χ2n) is 4.81. The molecule has 0 aliphatic heterocycles. The van der Waals surface area contributed by atoms with Crippen molar-refractivity contribution in [1.29, 1.82) is 0 Å². The predicted molar refractivity (Wildman–Crippen MR) is 76.2 cm³/mol. The molecule has 112 valence electrons. The first-order valence-corrected chi connectivity index (χ1v) is 6.64. The van der Waals surface area contributed by atoms with Gasteiger partial charge in [-0.05, 0) is 50.6 Å². The van der Waals surface area contributed by atoms with Crippen molar-refractivity contribution in [2.75, 3.05) is 20.2 Å². The molecular weight excluding hydrogens is 261 g/mol. The van der Waals surface area contributed by atoms with Gasteiger partial charge in [0.2, 0.25) is 0 Å². The lowest BCUT2D eigenvalue weighted by molar-refractivity contribution is 0.271. The Kier molecular flexibility index (Phi) is 6.97. The van der Waals surface area contributed by atoms with E-state index in [9.17, 15) is 4.39 Å². The molecule has 0 atom stereocenters. The highest BCUT2D eigenvalue weighted by molar-refractivity contribution is 5.98. The van der Waals surface area contributed by atoms with E-state index in [4.69, 9.17) is 16.0 Å². The number of aliphatic hydroxyl groups excluding tert-OH is 1. The average molecular weight is 283 g/mol. The number of aliphatic hydroxyl groups is 1. The number of nitrogens with two attached hydrogens (primary N) is 1. The fourth-order valence-corrected chi connectivity index (χ4v) is 2.02. The maximum absolute atomic E-state index is 13.2. The summed E-state index contributed by atoms with van der Waals surface area (Å²) in [5.41, 5.74) is 6.79. The number of halogens is 1. The predicted octanol–water partition coefficient (Wildman–Crippen LogP) is 1.51. The van der Waals surface area contributed by atoms with E-state index in [2.05, 4.69) is 10.1 Å². The van der Waals surface area contributed by atoms with Crippen molar-refractivity contribution in [1.82, 2.24) is 4.90 Å². The molecule has 0 bridgehead atoms. The molecule has 0 aromatic heterocycles. The van der Waals surface area contributed by atoms with Gasteiger partial charge in [0.25, 0.3) is 0 Å². The third kappa shape index (κ3) is 5.14. The highest BCUT2D eigenvalue weighted by Gasteiger charge is 2.10. The van der Waals surface area contributed by atoms with E-state index in [1.165, 1.54) is 12.1 Å². The maximum atomic E-state index is 13.2. The monoisotopic (exact) mass is 283 g/mol. The van der Waals surface area contributed by atoms with Gasteiger partial charge in [0.1, 0.15) is 5.82 Å². The molecule has 0 spiro atoms. The van der Waals surface area contributed by atoms with E-state index >= 15 is 0 Å². The third-order valence-electron chi connectivity index (χ3n) is 3.09. The van der Waals surface area contributed by atoms with Crippen LogP contribution in [-0.4, -0.2) is 41.2 Å². The molecule has 0 unspecified atom stereocenters. The zero-order valence-corrected chi connectivity index (χ0v) is 11.7. The van der Waals surface area contributed by atoms with Crippen molar-refractivity contribution in [3.63, 3.8) is 0 Å². The minimum absolute atomic E-state index is 0.0896. The number of nitrogens with zero attached hydrogens (tertiary/aromatic N) is 2. The van der Waals surface area contributed by atoms with Gasteiger partial charge in [-0.25, -0.2) is 4.39 Å². The van der Waals surface area contributed by atoms with Gasteiger partial charge >= 0.3 is 0 Å². The average Bonchev–Trinajstić information content (AvgIpc) is 2.44. The zero-order chi connectivity index (χ0) is 15.0. The van der Waals surface area contributed by atoms with Crippen molar-refractivity contribution in [2.45, 2.75) is 25.8 Å². The summed E-state index contributed by atoms with van der Waals surface area (Å²) in [5, 5.41) is 20.4. The van der Waals surface area contributed by atoms with Crippen molar-refractivity contribution >= 4 is 5.84 Å². The van der Waals surface area contributed by atoms with Gasteiger partial charge in [0.15, 0.2) is 5.84 Å². The zero-order valence-electron chi connectivity index (χ0n) is 11.7. The Bertz CT molecular complexity index is 452. The van der Waals surface area contributed by atoms with Crippen LogP contribution in [0, 0.1) is 5.82 Å². The molecule has 0 heterocycles. The standard InChI is InChI=1S/C14H22FN3O2/c1-18(7-3-2-4-8-19)10-11-5-6-12(15)9-13(11)14(16)17-20/h5-6,9,19-20H,2-4,7-8,10H2,1H3,(H2,16,17). The van der Waals surface area contributed by atoms with Gasteiger partial charge in [0, 0.05) is 18.7 Å². The van der Waals surface area contributed by atoms with Gasteiger partial charge in [-0.1, -0.05) is 11.2 Å². The second kappa shape index (κ2) is 8.50. The van der Waals surface area contributed by atoms with Crippen LogP contribution in [0.4, 0.5) is 4.39 Å². The number of amidine groups is 1. The van der Waals surface area contributed by atoms with Crippen LogP contribution in [0.5, 0.6) is 0 Å². The molecule has 0 aliphatic rings. The first kappa shape index (κ1) is 16.4. The molecule has 0 saturated heterocycles. The van der Waals surface area contributed by atoms with Crippen LogP contribution >= 0.6 is 0 Å². The van der Waals surface area contributed by atoms with E-state index in [1.807, 2.05) is 7.05 Å². The van der Waals surface area contributed by atoms with E-state index in [1.54, 1.807) is 6.07 Å². The van der Waals surface area contributed by atoms with E-state index in [-0.39, 0.29) is 12.4 Å². The Morgan fingerprint density at radius 3 is 2.75 bits per heavy atom. The second-order valence-corrected chi connectivity index (χ2v) is 4.81. The molecule has 0 fully saturated rings. The molecule has 5 nitrogen and oxygen atoms in total. The lowest BCUT2D eigenvalue weighted by Gasteiger charge is -2.18. The van der Waals surface area contributed by atoms with Crippen LogP contribution in [0.15, 0.2) is 23.4 Å². The van der Waals surface area contributed by atoms with Crippen molar-refractivity contribution < 1.29 is 14.7 Å².